The van der Waals surface area contributed by atoms with Crippen molar-refractivity contribution >= 4 is 6.14 Å². The molecule has 0 aliphatic rings. The fourth-order valence-electron chi connectivity index (χ4n) is 0.557. The second-order valence-corrected chi connectivity index (χ2v) is 7.69. The topological polar surface area (TPSA) is 0 Å². The first kappa shape index (κ1) is 7.20. The quantitative estimate of drug-likeness (QED) is 0.463. The molecule has 0 amide bonds. The van der Waals surface area contributed by atoms with Crippen molar-refractivity contribution in [3.8, 4) is 0 Å². The summed E-state index contributed by atoms with van der Waals surface area (Å²) in [6.07, 6.45) is 0. The van der Waals surface area contributed by atoms with Crippen LogP contribution in [0.4, 0.5) is 0 Å². The van der Waals surface area contributed by atoms with Crippen LogP contribution in [0.1, 0.15) is 0 Å². The molecule has 0 aliphatic carbocycles. The van der Waals surface area contributed by atoms with Gasteiger partial charge in [-0.1, -0.05) is 0 Å². The van der Waals surface area contributed by atoms with Crippen molar-refractivity contribution in [3.05, 3.63) is 24.3 Å². The van der Waals surface area contributed by atoms with Crippen LogP contribution in [-0.2, 0) is 52.2 Å². The van der Waals surface area contributed by atoms with Crippen molar-refractivity contribution in [2.45, 2.75) is 0 Å². The Balaban J connectivity index is 3.13. The molecule has 0 nitrogen and oxygen atoms in total. The zero-order valence-electron chi connectivity index (χ0n) is 4.72. The molecule has 0 N–H and O–H groups in total. The summed E-state index contributed by atoms with van der Waals surface area (Å²) < 4.78 is 3.30. The fraction of sp³-hybridized carbons (Fsp3) is 0. The molecule has 0 fully saturated rings. The molecule has 1 aromatic rings. The van der Waals surface area contributed by atoms with Crippen LogP contribution in [0.5, 0.6) is 0 Å². The first-order chi connectivity index (χ1) is 3.80. The Morgan fingerprint density at radius 1 is 0.875 bits per heavy atom. The SMILES string of the molecule is [Hg][c]1cccc[c]1[Hg]. The van der Waals surface area contributed by atoms with E-state index in [4.69, 9.17) is 0 Å². The summed E-state index contributed by atoms with van der Waals surface area (Å²) in [6, 6.07) is 8.79. The summed E-state index contributed by atoms with van der Waals surface area (Å²) in [5.41, 5.74) is 0. The van der Waals surface area contributed by atoms with E-state index in [2.05, 4.69) is 24.3 Å². The third-order valence-electron chi connectivity index (χ3n) is 1.12. The van der Waals surface area contributed by atoms with Crippen molar-refractivity contribution in [3.63, 3.8) is 0 Å². The Hall–Kier alpha value is 1.09. The Labute approximate surface area is 81.6 Å². The maximum atomic E-state index is 2.26. The molecule has 0 aromatic heterocycles. The summed E-state index contributed by atoms with van der Waals surface area (Å²) in [5, 5.41) is 0. The van der Waals surface area contributed by atoms with E-state index in [0.717, 1.165) is 52.2 Å². The molecule has 1 rings (SSSR count). The zero-order valence-corrected chi connectivity index (χ0v) is 15.7. The van der Waals surface area contributed by atoms with Gasteiger partial charge in [0.25, 0.3) is 0 Å². The molecule has 0 spiro atoms. The van der Waals surface area contributed by atoms with E-state index in [1.807, 2.05) is 0 Å². The van der Waals surface area contributed by atoms with Gasteiger partial charge in [-0.25, -0.2) is 0 Å². The number of benzene rings is 1. The van der Waals surface area contributed by atoms with E-state index in [1.54, 1.807) is 6.14 Å². The molecule has 1 aromatic carbocycles. The van der Waals surface area contributed by atoms with Gasteiger partial charge in [-0.3, -0.25) is 0 Å². The van der Waals surface area contributed by atoms with Crippen LogP contribution >= 0.6 is 0 Å². The third-order valence-corrected chi connectivity index (χ3v) is 14.0. The Bertz CT molecular complexity index is 163. The van der Waals surface area contributed by atoms with Gasteiger partial charge in [0.1, 0.15) is 0 Å². The third kappa shape index (κ3) is 1.80. The van der Waals surface area contributed by atoms with Crippen LogP contribution in [0.3, 0.4) is 0 Å². The van der Waals surface area contributed by atoms with Gasteiger partial charge in [0.05, 0.1) is 0 Å². The number of rotatable bonds is 0. The minimum absolute atomic E-state index is 0.847. The molecule has 0 heterocycles. The first-order valence-corrected chi connectivity index (χ1v) is 8.03. The summed E-state index contributed by atoms with van der Waals surface area (Å²) in [4.78, 5) is 0. The second kappa shape index (κ2) is 3.31. The summed E-state index contributed by atoms with van der Waals surface area (Å²) in [5.74, 6) is 0. The van der Waals surface area contributed by atoms with Crippen molar-refractivity contribution in [1.29, 1.82) is 0 Å². The van der Waals surface area contributed by atoms with Crippen LogP contribution in [0.15, 0.2) is 24.3 Å². The standard InChI is InChI=1S/C6H4.2Hg/c1-2-4-6-5-3-1;;/h1-4H;;. The summed E-state index contributed by atoms with van der Waals surface area (Å²) in [7, 11) is 0. The average molecular weight is 477 g/mol. The zero-order chi connectivity index (χ0) is 5.98. The number of hydrogen-bond acceptors (Lipinski definition) is 0. The average Bonchev–Trinajstić information content (AvgIpc) is 1.77. The van der Waals surface area contributed by atoms with E-state index in [9.17, 15) is 0 Å². The van der Waals surface area contributed by atoms with Gasteiger partial charge in [-0.2, -0.15) is 0 Å². The van der Waals surface area contributed by atoms with Gasteiger partial charge in [0.2, 0.25) is 0 Å². The fourth-order valence-corrected chi connectivity index (χ4v) is 2.53. The second-order valence-electron chi connectivity index (χ2n) is 1.77. The van der Waals surface area contributed by atoms with Crippen LogP contribution < -0.4 is 6.14 Å². The molecular weight excluding hydrogens is 473 g/mol. The molecule has 0 saturated heterocycles. The normalized spacial score (nSPS) is 9.50. The van der Waals surface area contributed by atoms with E-state index in [1.165, 1.54) is 0 Å². The van der Waals surface area contributed by atoms with Crippen molar-refractivity contribution < 1.29 is 52.2 Å². The van der Waals surface area contributed by atoms with E-state index in [-0.39, 0.29) is 0 Å². The van der Waals surface area contributed by atoms with E-state index >= 15 is 0 Å². The predicted molar refractivity (Wildman–Crippen MR) is 25.7 cm³/mol. The molecule has 2 heteroatoms. The first-order valence-electron chi connectivity index (χ1n) is 2.53. The van der Waals surface area contributed by atoms with Gasteiger partial charge < -0.3 is 0 Å². The molecular formula is C6H4Hg2. The molecule has 0 atom stereocenters. The van der Waals surface area contributed by atoms with Crippen LogP contribution in [0, 0.1) is 0 Å². The van der Waals surface area contributed by atoms with Crippen LogP contribution in [-0.4, -0.2) is 0 Å². The van der Waals surface area contributed by atoms with E-state index < -0.39 is 0 Å². The van der Waals surface area contributed by atoms with E-state index in [0.29, 0.717) is 0 Å². The van der Waals surface area contributed by atoms with Gasteiger partial charge in [0.15, 0.2) is 0 Å². The Morgan fingerprint density at radius 3 is 1.50 bits per heavy atom. The van der Waals surface area contributed by atoms with Gasteiger partial charge in [0, 0.05) is 0 Å². The molecule has 0 bridgehead atoms. The predicted octanol–water partition coefficient (Wildman–Crippen LogP) is 0.0308. The van der Waals surface area contributed by atoms with Crippen LogP contribution in [0.25, 0.3) is 0 Å². The Kier molecular flexibility index (Phi) is 2.98. The molecule has 8 heavy (non-hydrogen) atoms. The number of hydrogen-bond donors (Lipinski definition) is 0. The molecule has 0 saturated carbocycles. The van der Waals surface area contributed by atoms with Crippen molar-refractivity contribution in [1.82, 2.24) is 0 Å². The maximum absolute atomic E-state index is 2.26. The Morgan fingerprint density at radius 2 is 1.25 bits per heavy atom. The van der Waals surface area contributed by atoms with Gasteiger partial charge in [-0.15, -0.1) is 0 Å². The summed E-state index contributed by atoms with van der Waals surface area (Å²) >= 11 is 1.69. The van der Waals surface area contributed by atoms with Gasteiger partial charge in [-0.05, 0) is 0 Å². The monoisotopic (exact) mass is 480 g/mol. The molecule has 0 unspecified atom stereocenters. The molecule has 32 valence electrons. The molecule has 0 aliphatic heterocycles. The van der Waals surface area contributed by atoms with Crippen molar-refractivity contribution in [2.75, 3.05) is 0 Å². The van der Waals surface area contributed by atoms with Crippen LogP contribution in [0.2, 0.25) is 0 Å². The summed E-state index contributed by atoms with van der Waals surface area (Å²) in [6.45, 7) is 0. The van der Waals surface area contributed by atoms with Gasteiger partial charge >= 0.3 is 82.7 Å². The van der Waals surface area contributed by atoms with Crippen molar-refractivity contribution in [2.24, 2.45) is 0 Å². The minimum atomic E-state index is 0.847. The molecule has 0 radical (unpaired) electrons.